The highest BCUT2D eigenvalue weighted by atomic mass is 19.4. The van der Waals surface area contributed by atoms with Gasteiger partial charge in [0.05, 0.1) is 5.56 Å². The Balaban J connectivity index is 1.64. The fourth-order valence-electron chi connectivity index (χ4n) is 4.12. The van der Waals surface area contributed by atoms with E-state index in [0.717, 1.165) is 12.1 Å². The van der Waals surface area contributed by atoms with E-state index in [1.54, 1.807) is 19.9 Å². The summed E-state index contributed by atoms with van der Waals surface area (Å²) >= 11 is 0. The molecule has 1 aromatic rings. The van der Waals surface area contributed by atoms with Crippen molar-refractivity contribution >= 4 is 5.91 Å². The first kappa shape index (κ1) is 21.5. The van der Waals surface area contributed by atoms with Crippen LogP contribution in [0.15, 0.2) is 24.3 Å². The van der Waals surface area contributed by atoms with Gasteiger partial charge in [0.1, 0.15) is 6.04 Å². The number of hydrogen-bond acceptors (Lipinski definition) is 5. The molecule has 0 aromatic heterocycles. The quantitative estimate of drug-likeness (QED) is 0.508. The van der Waals surface area contributed by atoms with Gasteiger partial charge in [-0.25, -0.2) is 5.43 Å². The third kappa shape index (κ3) is 4.69. The molecule has 1 saturated carbocycles. The molecule has 10 heteroatoms. The average molecular weight is 414 g/mol. The zero-order chi connectivity index (χ0) is 21.4. The minimum atomic E-state index is -4.43. The van der Waals surface area contributed by atoms with E-state index < -0.39 is 29.2 Å². The van der Waals surface area contributed by atoms with Crippen LogP contribution in [0.25, 0.3) is 0 Å². The number of halogens is 3. The van der Waals surface area contributed by atoms with E-state index in [4.69, 9.17) is 0 Å². The van der Waals surface area contributed by atoms with Crippen molar-refractivity contribution in [3.8, 4) is 0 Å². The smallest absolute Gasteiger partial charge is 0.354 e. The lowest BCUT2D eigenvalue weighted by atomic mass is 9.79. The molecule has 4 unspecified atom stereocenters. The number of fused-ring (bicyclic) bond motifs is 1. The van der Waals surface area contributed by atoms with Crippen LogP contribution in [-0.4, -0.2) is 35.5 Å². The Labute approximate surface area is 166 Å². The van der Waals surface area contributed by atoms with Gasteiger partial charge in [0, 0.05) is 41.7 Å². The second-order valence-corrected chi connectivity index (χ2v) is 8.47. The number of nitrogens with zero attached hydrogens (tertiary/aromatic N) is 1. The maximum atomic E-state index is 13.0. The summed E-state index contributed by atoms with van der Waals surface area (Å²) < 4.78 is 39.0. The second-order valence-electron chi connectivity index (χ2n) is 8.47. The molecule has 0 bridgehead atoms. The van der Waals surface area contributed by atoms with E-state index in [1.165, 1.54) is 6.07 Å². The van der Waals surface area contributed by atoms with Crippen LogP contribution in [0.5, 0.6) is 0 Å². The van der Waals surface area contributed by atoms with Crippen LogP contribution in [0, 0.1) is 16.0 Å². The highest BCUT2D eigenvalue weighted by Gasteiger charge is 2.46. The average Bonchev–Trinajstić information content (AvgIpc) is 3.09. The summed E-state index contributed by atoms with van der Waals surface area (Å²) in [6.07, 6.45) is -3.03. The Morgan fingerprint density at radius 2 is 1.93 bits per heavy atom. The molecule has 0 radical (unpaired) electrons. The molecule has 0 spiro atoms. The van der Waals surface area contributed by atoms with Crippen LogP contribution in [0.2, 0.25) is 0 Å². The van der Waals surface area contributed by atoms with Crippen LogP contribution in [0.3, 0.4) is 0 Å². The SMILES string of the molecule is CC(C)(CNC(=O)C1NNC2CCC([N+](=O)[O-])CC21)c1cccc(C(F)(F)F)c1. The number of carbonyl (C=O) groups excluding carboxylic acids is 1. The van der Waals surface area contributed by atoms with Gasteiger partial charge in [-0.1, -0.05) is 32.0 Å². The van der Waals surface area contributed by atoms with Crippen molar-refractivity contribution in [2.24, 2.45) is 5.92 Å². The third-order valence-electron chi connectivity index (χ3n) is 5.98. The number of hydrogen-bond donors (Lipinski definition) is 3. The van der Waals surface area contributed by atoms with Crippen LogP contribution in [-0.2, 0) is 16.4 Å². The van der Waals surface area contributed by atoms with Gasteiger partial charge in [-0.15, -0.1) is 0 Å². The molecule has 160 valence electrons. The van der Waals surface area contributed by atoms with Crippen molar-refractivity contribution in [2.75, 3.05) is 6.54 Å². The summed E-state index contributed by atoms with van der Waals surface area (Å²) in [4.78, 5) is 23.5. The van der Waals surface area contributed by atoms with Gasteiger partial charge in [-0.05, 0) is 18.1 Å². The van der Waals surface area contributed by atoms with Crippen LogP contribution < -0.4 is 16.2 Å². The predicted octanol–water partition coefficient (Wildman–Crippen LogP) is 2.39. The van der Waals surface area contributed by atoms with Gasteiger partial charge in [-0.3, -0.25) is 20.3 Å². The molecule has 1 aromatic carbocycles. The number of hydrazine groups is 1. The van der Waals surface area contributed by atoms with E-state index in [2.05, 4.69) is 16.2 Å². The van der Waals surface area contributed by atoms with E-state index in [1.807, 2.05) is 0 Å². The van der Waals surface area contributed by atoms with Crippen molar-refractivity contribution in [3.63, 3.8) is 0 Å². The van der Waals surface area contributed by atoms with E-state index >= 15 is 0 Å². The van der Waals surface area contributed by atoms with E-state index in [0.29, 0.717) is 24.8 Å². The summed E-state index contributed by atoms with van der Waals surface area (Å²) in [6.45, 7) is 3.66. The molecular weight excluding hydrogens is 389 g/mol. The van der Waals surface area contributed by atoms with Gasteiger partial charge in [0.2, 0.25) is 11.9 Å². The number of rotatable bonds is 5. The van der Waals surface area contributed by atoms with Gasteiger partial charge in [-0.2, -0.15) is 13.2 Å². The molecule has 2 aliphatic rings. The highest BCUT2D eigenvalue weighted by Crippen LogP contribution is 2.34. The maximum absolute atomic E-state index is 13.0. The van der Waals surface area contributed by atoms with Crippen LogP contribution >= 0.6 is 0 Å². The molecule has 7 nitrogen and oxygen atoms in total. The van der Waals surface area contributed by atoms with Gasteiger partial charge in [0.25, 0.3) is 0 Å². The van der Waals surface area contributed by atoms with Gasteiger partial charge < -0.3 is 5.32 Å². The van der Waals surface area contributed by atoms with Crippen molar-refractivity contribution in [1.29, 1.82) is 0 Å². The monoisotopic (exact) mass is 414 g/mol. The molecule has 2 fully saturated rings. The zero-order valence-electron chi connectivity index (χ0n) is 16.3. The largest absolute Gasteiger partial charge is 0.416 e. The normalized spacial score (nSPS) is 27.3. The first-order valence-corrected chi connectivity index (χ1v) is 9.59. The fourth-order valence-corrected chi connectivity index (χ4v) is 4.12. The summed E-state index contributed by atoms with van der Waals surface area (Å²) in [6, 6.07) is 3.81. The minimum Gasteiger partial charge on any atom is -0.354 e. The number of amides is 1. The van der Waals surface area contributed by atoms with E-state index in [9.17, 15) is 28.1 Å². The predicted molar refractivity (Wildman–Crippen MR) is 99.5 cm³/mol. The molecule has 3 rings (SSSR count). The van der Waals surface area contributed by atoms with Gasteiger partial charge in [0.15, 0.2) is 0 Å². The Morgan fingerprint density at radius 3 is 2.59 bits per heavy atom. The number of alkyl halides is 3. The van der Waals surface area contributed by atoms with Crippen molar-refractivity contribution in [2.45, 2.75) is 62.8 Å². The first-order valence-electron chi connectivity index (χ1n) is 9.59. The zero-order valence-corrected chi connectivity index (χ0v) is 16.3. The second kappa shape index (κ2) is 7.91. The molecule has 1 heterocycles. The number of carbonyl (C=O) groups is 1. The third-order valence-corrected chi connectivity index (χ3v) is 5.98. The first-order chi connectivity index (χ1) is 13.5. The molecule has 3 N–H and O–H groups in total. The van der Waals surface area contributed by atoms with Crippen molar-refractivity contribution in [1.82, 2.24) is 16.2 Å². The molecule has 29 heavy (non-hydrogen) atoms. The lowest BCUT2D eigenvalue weighted by molar-refractivity contribution is -0.528. The Morgan fingerprint density at radius 1 is 1.24 bits per heavy atom. The summed E-state index contributed by atoms with van der Waals surface area (Å²) in [7, 11) is 0. The number of benzene rings is 1. The molecular formula is C19H25F3N4O3. The number of nitro groups is 1. The van der Waals surface area contributed by atoms with Crippen molar-refractivity contribution in [3.05, 3.63) is 45.5 Å². The molecule has 1 aliphatic heterocycles. The lowest BCUT2D eigenvalue weighted by Crippen LogP contribution is -2.49. The van der Waals surface area contributed by atoms with Crippen molar-refractivity contribution < 1.29 is 22.9 Å². The lowest BCUT2D eigenvalue weighted by Gasteiger charge is -2.30. The Hall–Kier alpha value is -2.20. The number of nitrogens with one attached hydrogen (secondary N) is 3. The standard InChI is InChI=1S/C19H25F3N4O3/c1-18(2,11-4-3-5-12(8-11)19(20,21)22)10-23-17(27)16-14-9-13(26(28)29)6-7-15(14)24-25-16/h3-5,8,13-16,24-25H,6-7,9-10H2,1-2H3,(H,23,27). The summed E-state index contributed by atoms with van der Waals surface area (Å²) in [5.41, 5.74) is 4.99. The molecule has 1 aliphatic carbocycles. The minimum absolute atomic E-state index is 0.00146. The van der Waals surface area contributed by atoms with E-state index in [-0.39, 0.29) is 29.3 Å². The highest BCUT2D eigenvalue weighted by molar-refractivity contribution is 5.82. The Kier molecular flexibility index (Phi) is 5.86. The molecule has 1 saturated heterocycles. The maximum Gasteiger partial charge on any atom is 0.416 e. The molecule has 1 amide bonds. The summed E-state index contributed by atoms with van der Waals surface area (Å²) in [5, 5.41) is 13.9. The molecule has 4 atom stereocenters. The van der Waals surface area contributed by atoms with Crippen LogP contribution in [0.4, 0.5) is 13.2 Å². The fraction of sp³-hybridized carbons (Fsp3) is 0.632. The topological polar surface area (TPSA) is 96.3 Å². The Bertz CT molecular complexity index is 784. The van der Waals surface area contributed by atoms with Crippen LogP contribution in [0.1, 0.15) is 44.2 Å². The van der Waals surface area contributed by atoms with Gasteiger partial charge >= 0.3 is 6.18 Å². The summed E-state index contributed by atoms with van der Waals surface area (Å²) in [5.74, 6) is -0.509.